The number of pyridine rings is 1. The molecule has 1 aromatic heterocycles. The van der Waals surface area contributed by atoms with E-state index >= 15 is 0 Å². The molecular formula is C8H5BrClF2NO. The Morgan fingerprint density at radius 3 is 2.71 bits per heavy atom. The van der Waals surface area contributed by atoms with E-state index < -0.39 is 17.4 Å². The van der Waals surface area contributed by atoms with Crippen molar-refractivity contribution in [2.24, 2.45) is 0 Å². The van der Waals surface area contributed by atoms with E-state index in [0.717, 1.165) is 0 Å². The number of hydrogen-bond acceptors (Lipinski definition) is 2. The molecule has 1 rings (SSSR count). The van der Waals surface area contributed by atoms with E-state index in [1.807, 2.05) is 0 Å². The molecular weight excluding hydrogens is 279 g/mol. The molecule has 0 aliphatic carbocycles. The summed E-state index contributed by atoms with van der Waals surface area (Å²) in [6, 6.07) is 1.47. The maximum absolute atomic E-state index is 12.4. The van der Waals surface area contributed by atoms with Crippen LogP contribution < -0.4 is 0 Å². The predicted octanol–water partition coefficient (Wildman–Crippen LogP) is 3.29. The van der Waals surface area contributed by atoms with Crippen molar-refractivity contribution in [2.45, 2.75) is 11.8 Å². The average molecular weight is 284 g/mol. The molecule has 0 amide bonds. The van der Waals surface area contributed by atoms with Gasteiger partial charge in [-0.25, -0.2) is 8.78 Å². The monoisotopic (exact) mass is 283 g/mol. The van der Waals surface area contributed by atoms with Crippen LogP contribution in [-0.2, 0) is 5.33 Å². The summed E-state index contributed by atoms with van der Waals surface area (Å²) < 4.78 is 24.8. The van der Waals surface area contributed by atoms with Gasteiger partial charge in [0.25, 0.3) is 11.7 Å². The van der Waals surface area contributed by atoms with Gasteiger partial charge in [0.05, 0.1) is 5.56 Å². The molecule has 14 heavy (non-hydrogen) atoms. The Labute approximate surface area is 92.4 Å². The number of halogens is 4. The quantitative estimate of drug-likeness (QED) is 0.630. The zero-order valence-corrected chi connectivity index (χ0v) is 9.15. The zero-order chi connectivity index (χ0) is 10.7. The zero-order valence-electron chi connectivity index (χ0n) is 6.81. The van der Waals surface area contributed by atoms with Gasteiger partial charge >= 0.3 is 0 Å². The van der Waals surface area contributed by atoms with E-state index in [4.69, 9.17) is 11.6 Å². The molecule has 0 spiro atoms. The Morgan fingerprint density at radius 1 is 1.64 bits per heavy atom. The predicted molar refractivity (Wildman–Crippen MR) is 52.0 cm³/mol. The first-order valence-corrected chi connectivity index (χ1v) is 5.09. The fourth-order valence-corrected chi connectivity index (χ4v) is 1.71. The first-order valence-electron chi connectivity index (χ1n) is 3.59. The summed E-state index contributed by atoms with van der Waals surface area (Å²) in [6.07, 6.45) is -1.58. The number of rotatable bonds is 3. The van der Waals surface area contributed by atoms with Crippen LogP contribution in [-0.4, -0.2) is 10.2 Å². The molecule has 0 N–H and O–H groups in total. The molecule has 1 heterocycles. The fourth-order valence-electron chi connectivity index (χ4n) is 1.02. The van der Waals surface area contributed by atoms with Crippen LogP contribution >= 0.6 is 27.5 Å². The van der Waals surface area contributed by atoms with Crippen molar-refractivity contribution in [2.75, 3.05) is 0 Å². The van der Waals surface area contributed by atoms with Crippen molar-refractivity contribution in [3.05, 3.63) is 29.1 Å². The Hall–Kier alpha value is -0.550. The van der Waals surface area contributed by atoms with Gasteiger partial charge in [-0.3, -0.25) is 9.78 Å². The van der Waals surface area contributed by atoms with Gasteiger partial charge in [0.1, 0.15) is 5.69 Å². The summed E-state index contributed by atoms with van der Waals surface area (Å²) in [4.78, 5) is 14.4. The van der Waals surface area contributed by atoms with Crippen molar-refractivity contribution in [1.29, 1.82) is 0 Å². The summed E-state index contributed by atoms with van der Waals surface area (Å²) in [5.41, 5.74) is -0.363. The summed E-state index contributed by atoms with van der Waals surface area (Å²) in [7, 11) is 0. The number of alkyl halides is 3. The lowest BCUT2D eigenvalue weighted by Gasteiger charge is -2.07. The van der Waals surface area contributed by atoms with Crippen LogP contribution in [0.1, 0.15) is 28.0 Å². The second kappa shape index (κ2) is 4.79. The van der Waals surface area contributed by atoms with Crippen LogP contribution in [0.5, 0.6) is 0 Å². The lowest BCUT2D eigenvalue weighted by atomic mass is 10.1. The number of hydrogen-bond donors (Lipinski definition) is 0. The van der Waals surface area contributed by atoms with Crippen molar-refractivity contribution in [3.63, 3.8) is 0 Å². The van der Waals surface area contributed by atoms with Crippen LogP contribution in [0.2, 0.25) is 0 Å². The lowest BCUT2D eigenvalue weighted by Crippen LogP contribution is -2.05. The molecule has 0 atom stereocenters. The second-order valence-electron chi connectivity index (χ2n) is 2.44. The minimum Gasteiger partial charge on any atom is -0.276 e. The molecule has 1 aromatic rings. The molecule has 0 aliphatic heterocycles. The lowest BCUT2D eigenvalue weighted by molar-refractivity contribution is 0.106. The Balaban J connectivity index is 3.35. The van der Waals surface area contributed by atoms with E-state index in [0.29, 0.717) is 5.56 Å². The molecule has 6 heteroatoms. The number of carbonyl (C=O) groups is 1. The van der Waals surface area contributed by atoms with E-state index in [1.54, 1.807) is 0 Å². The normalized spacial score (nSPS) is 10.6. The molecule has 0 bridgehead atoms. The summed E-state index contributed by atoms with van der Waals surface area (Å²) >= 11 is 8.28. The second-order valence-corrected chi connectivity index (χ2v) is 3.34. The van der Waals surface area contributed by atoms with Crippen molar-refractivity contribution < 1.29 is 13.6 Å². The third-order valence-corrected chi connectivity index (χ3v) is 2.41. The SMILES string of the molecule is O=C(Cl)c1c(CBr)ccnc1C(F)F. The van der Waals surface area contributed by atoms with Gasteiger partial charge in [-0.1, -0.05) is 15.9 Å². The van der Waals surface area contributed by atoms with Crippen LogP contribution in [0.4, 0.5) is 8.78 Å². The molecule has 0 unspecified atom stereocenters. The van der Waals surface area contributed by atoms with Crippen LogP contribution in [0.15, 0.2) is 12.3 Å². The van der Waals surface area contributed by atoms with Gasteiger partial charge < -0.3 is 0 Å². The maximum Gasteiger partial charge on any atom is 0.281 e. The number of carbonyl (C=O) groups excluding carboxylic acids is 1. The smallest absolute Gasteiger partial charge is 0.276 e. The topological polar surface area (TPSA) is 30.0 Å². The highest BCUT2D eigenvalue weighted by atomic mass is 79.9. The van der Waals surface area contributed by atoms with E-state index in [9.17, 15) is 13.6 Å². The standard InChI is InChI=1S/C8H5BrClF2NO/c9-3-4-1-2-13-6(8(11)12)5(4)7(10)14/h1-2,8H,3H2. The van der Waals surface area contributed by atoms with E-state index in [2.05, 4.69) is 20.9 Å². The van der Waals surface area contributed by atoms with Crippen molar-refractivity contribution in [3.8, 4) is 0 Å². The van der Waals surface area contributed by atoms with Gasteiger partial charge in [0, 0.05) is 11.5 Å². The number of nitrogens with zero attached hydrogens (tertiary/aromatic N) is 1. The van der Waals surface area contributed by atoms with Gasteiger partial charge in [0.15, 0.2) is 0 Å². The van der Waals surface area contributed by atoms with Gasteiger partial charge in [-0.15, -0.1) is 0 Å². The van der Waals surface area contributed by atoms with Crippen LogP contribution in [0.3, 0.4) is 0 Å². The molecule has 0 fully saturated rings. The summed E-state index contributed by atoms with van der Waals surface area (Å²) in [5.74, 6) is 0. The molecule has 76 valence electrons. The van der Waals surface area contributed by atoms with Crippen molar-refractivity contribution >= 4 is 32.8 Å². The average Bonchev–Trinajstić information content (AvgIpc) is 2.16. The molecule has 0 aromatic carbocycles. The third-order valence-electron chi connectivity index (χ3n) is 1.61. The highest BCUT2D eigenvalue weighted by Crippen LogP contribution is 2.25. The maximum atomic E-state index is 12.4. The minimum absolute atomic E-state index is 0.207. The Kier molecular flexibility index (Phi) is 3.95. The molecule has 0 aliphatic rings. The first-order chi connectivity index (χ1) is 6.57. The largest absolute Gasteiger partial charge is 0.281 e. The van der Waals surface area contributed by atoms with E-state index in [-0.39, 0.29) is 10.9 Å². The molecule has 2 nitrogen and oxygen atoms in total. The summed E-state index contributed by atoms with van der Waals surface area (Å²) in [6.45, 7) is 0. The van der Waals surface area contributed by atoms with E-state index in [1.165, 1.54) is 12.3 Å². The van der Waals surface area contributed by atoms with Gasteiger partial charge in [0.2, 0.25) is 0 Å². The van der Waals surface area contributed by atoms with Crippen molar-refractivity contribution in [1.82, 2.24) is 4.98 Å². The summed E-state index contributed by atoms with van der Waals surface area (Å²) in [5, 5.41) is -0.633. The van der Waals surface area contributed by atoms with Crippen LogP contribution in [0, 0.1) is 0 Å². The highest BCUT2D eigenvalue weighted by Gasteiger charge is 2.21. The molecule has 0 saturated carbocycles. The van der Waals surface area contributed by atoms with Gasteiger partial charge in [-0.05, 0) is 23.2 Å². The number of aromatic nitrogens is 1. The minimum atomic E-state index is -2.80. The first kappa shape index (κ1) is 11.5. The Bertz CT molecular complexity index is 359. The van der Waals surface area contributed by atoms with Gasteiger partial charge in [-0.2, -0.15) is 0 Å². The Morgan fingerprint density at radius 2 is 2.29 bits per heavy atom. The molecule has 0 radical (unpaired) electrons. The fraction of sp³-hybridized carbons (Fsp3) is 0.250. The highest BCUT2D eigenvalue weighted by molar-refractivity contribution is 9.08. The third kappa shape index (κ3) is 2.27. The van der Waals surface area contributed by atoms with Crippen LogP contribution in [0.25, 0.3) is 0 Å². The molecule has 0 saturated heterocycles.